The van der Waals surface area contributed by atoms with E-state index in [4.69, 9.17) is 14.9 Å². The van der Waals surface area contributed by atoms with Gasteiger partial charge in [0.05, 0.1) is 13.2 Å². The number of rotatable bonds is 9. The topological polar surface area (TPSA) is 87.1 Å². The summed E-state index contributed by atoms with van der Waals surface area (Å²) < 4.78 is 5.12. The lowest BCUT2D eigenvalue weighted by Crippen LogP contribution is -2.35. The quantitative estimate of drug-likeness (QED) is 0.612. The number of aliphatic carboxylic acids is 1. The van der Waals surface area contributed by atoms with Crippen molar-refractivity contribution in [1.82, 2.24) is 4.90 Å². The molecule has 1 aliphatic heterocycles. The van der Waals surface area contributed by atoms with E-state index >= 15 is 0 Å². The van der Waals surface area contributed by atoms with Crippen molar-refractivity contribution in [3.8, 4) is 0 Å². The summed E-state index contributed by atoms with van der Waals surface area (Å²) in [5.41, 5.74) is 0. The van der Waals surface area contributed by atoms with E-state index < -0.39 is 5.97 Å². The smallest absolute Gasteiger partial charge is 0.305 e. The highest BCUT2D eigenvalue weighted by atomic mass is 16.5. The minimum Gasteiger partial charge on any atom is -0.481 e. The molecule has 1 saturated heterocycles. The monoisotopic (exact) mass is 287 g/mol. The predicted molar refractivity (Wildman–Crippen MR) is 73.3 cm³/mol. The van der Waals surface area contributed by atoms with Crippen LogP contribution in [0.3, 0.4) is 0 Å². The summed E-state index contributed by atoms with van der Waals surface area (Å²) in [6.07, 6.45) is 3.57. The van der Waals surface area contributed by atoms with Gasteiger partial charge in [-0.2, -0.15) is 0 Å². The van der Waals surface area contributed by atoms with Crippen LogP contribution >= 0.6 is 0 Å². The lowest BCUT2D eigenvalue weighted by Gasteiger charge is -2.31. The largest absolute Gasteiger partial charge is 0.481 e. The van der Waals surface area contributed by atoms with Crippen molar-refractivity contribution < 1.29 is 24.5 Å². The molecular weight excluding hydrogens is 262 g/mol. The van der Waals surface area contributed by atoms with Crippen molar-refractivity contribution >= 4 is 11.9 Å². The average molecular weight is 287 g/mol. The Kier molecular flexibility index (Phi) is 8.22. The Labute approximate surface area is 119 Å². The lowest BCUT2D eigenvalue weighted by molar-refractivity contribution is -0.144. The number of likely N-dealkylation sites (tertiary alicyclic amines) is 1. The number of esters is 1. The second kappa shape index (κ2) is 9.72. The zero-order valence-electron chi connectivity index (χ0n) is 11.9. The molecule has 0 bridgehead atoms. The minimum absolute atomic E-state index is 0.0123. The van der Waals surface area contributed by atoms with E-state index in [2.05, 4.69) is 4.90 Å². The third kappa shape index (κ3) is 7.45. The number of carboxylic acids is 1. The molecule has 0 aliphatic carbocycles. The van der Waals surface area contributed by atoms with Gasteiger partial charge in [-0.25, -0.2) is 0 Å². The van der Waals surface area contributed by atoms with E-state index in [9.17, 15) is 9.59 Å². The molecule has 1 fully saturated rings. The summed E-state index contributed by atoms with van der Waals surface area (Å²) in [4.78, 5) is 23.9. The first kappa shape index (κ1) is 16.9. The maximum Gasteiger partial charge on any atom is 0.305 e. The van der Waals surface area contributed by atoms with Crippen molar-refractivity contribution in [2.24, 2.45) is 5.92 Å². The fourth-order valence-electron chi connectivity index (χ4n) is 2.44. The van der Waals surface area contributed by atoms with Gasteiger partial charge in [0.15, 0.2) is 0 Å². The molecule has 1 heterocycles. The van der Waals surface area contributed by atoms with Gasteiger partial charge in [-0.3, -0.25) is 9.59 Å². The average Bonchev–Trinajstić information content (AvgIpc) is 2.40. The molecule has 0 aromatic heterocycles. The van der Waals surface area contributed by atoms with Gasteiger partial charge in [0.2, 0.25) is 0 Å². The normalized spacial score (nSPS) is 17.1. The molecule has 2 N–H and O–H groups in total. The van der Waals surface area contributed by atoms with E-state index in [1.165, 1.54) is 0 Å². The Balaban J connectivity index is 2.01. The highest BCUT2D eigenvalue weighted by molar-refractivity contribution is 5.71. The number of nitrogens with zero attached hydrogens (tertiary/aromatic N) is 1. The second-order valence-electron chi connectivity index (χ2n) is 5.27. The highest BCUT2D eigenvalue weighted by Gasteiger charge is 2.18. The number of aliphatic hydroxyl groups is 1. The molecule has 0 saturated carbocycles. The first-order valence-electron chi connectivity index (χ1n) is 7.32. The van der Waals surface area contributed by atoms with Crippen LogP contribution in [0.4, 0.5) is 0 Å². The van der Waals surface area contributed by atoms with E-state index in [1.54, 1.807) is 0 Å². The van der Waals surface area contributed by atoms with Crippen LogP contribution in [0.2, 0.25) is 0 Å². The Hall–Kier alpha value is -1.14. The standard InChI is InChI=1S/C14H25NO5/c16-10-9-15-7-4-12(5-8-15)6-11-20-14(19)3-1-2-13(17)18/h12,16H,1-11H2,(H,17,18). The molecule has 6 heteroatoms. The third-order valence-corrected chi connectivity index (χ3v) is 3.68. The second-order valence-corrected chi connectivity index (χ2v) is 5.27. The number of ether oxygens (including phenoxy) is 1. The maximum absolute atomic E-state index is 11.4. The molecule has 0 unspecified atom stereocenters. The molecule has 0 amide bonds. The van der Waals surface area contributed by atoms with Crippen LogP contribution in [0.1, 0.15) is 38.5 Å². The van der Waals surface area contributed by atoms with Crippen molar-refractivity contribution in [3.63, 3.8) is 0 Å². The number of carboxylic acid groups (broad SMARTS) is 1. The number of piperidine rings is 1. The maximum atomic E-state index is 11.4. The molecule has 0 aromatic rings. The first-order chi connectivity index (χ1) is 9.61. The summed E-state index contributed by atoms with van der Waals surface area (Å²) >= 11 is 0. The van der Waals surface area contributed by atoms with Gasteiger partial charge < -0.3 is 19.8 Å². The Morgan fingerprint density at radius 3 is 2.50 bits per heavy atom. The SMILES string of the molecule is O=C(O)CCCC(=O)OCCC1CCN(CCO)CC1. The van der Waals surface area contributed by atoms with Gasteiger partial charge in [0.1, 0.15) is 0 Å². The Bertz CT molecular complexity index is 300. The first-order valence-corrected chi connectivity index (χ1v) is 7.32. The molecule has 0 atom stereocenters. The molecule has 0 spiro atoms. The number of β-amino-alcohol motifs (C(OH)–C–C–N with tert-alkyl or cyclic N) is 1. The number of carbonyl (C=O) groups is 2. The summed E-state index contributed by atoms with van der Waals surface area (Å²) in [6, 6.07) is 0. The molecule has 20 heavy (non-hydrogen) atoms. The zero-order chi connectivity index (χ0) is 14.8. The fourth-order valence-corrected chi connectivity index (χ4v) is 2.44. The van der Waals surface area contributed by atoms with E-state index in [-0.39, 0.29) is 25.4 Å². The van der Waals surface area contributed by atoms with Gasteiger partial charge in [0.25, 0.3) is 0 Å². The highest BCUT2D eigenvalue weighted by Crippen LogP contribution is 2.20. The van der Waals surface area contributed by atoms with Gasteiger partial charge >= 0.3 is 11.9 Å². The fraction of sp³-hybridized carbons (Fsp3) is 0.857. The van der Waals surface area contributed by atoms with Gasteiger partial charge in [-0.15, -0.1) is 0 Å². The molecule has 0 radical (unpaired) electrons. The Morgan fingerprint density at radius 1 is 1.20 bits per heavy atom. The third-order valence-electron chi connectivity index (χ3n) is 3.68. The van der Waals surface area contributed by atoms with Gasteiger partial charge in [-0.1, -0.05) is 0 Å². The van der Waals surface area contributed by atoms with Crippen molar-refractivity contribution in [3.05, 3.63) is 0 Å². The summed E-state index contributed by atoms with van der Waals surface area (Å²) in [5.74, 6) is -0.604. The summed E-state index contributed by atoms with van der Waals surface area (Å²) in [6.45, 7) is 3.37. The lowest BCUT2D eigenvalue weighted by atomic mass is 9.94. The summed E-state index contributed by atoms with van der Waals surface area (Å²) in [5, 5.41) is 17.3. The molecule has 6 nitrogen and oxygen atoms in total. The van der Waals surface area contributed by atoms with E-state index in [0.717, 1.165) is 38.9 Å². The van der Waals surface area contributed by atoms with Crippen molar-refractivity contribution in [1.29, 1.82) is 0 Å². The van der Waals surface area contributed by atoms with E-state index in [0.29, 0.717) is 18.9 Å². The molecule has 1 aliphatic rings. The molecular formula is C14H25NO5. The molecule has 0 aromatic carbocycles. The number of carbonyl (C=O) groups excluding carboxylic acids is 1. The molecule has 1 rings (SSSR count). The van der Waals surface area contributed by atoms with Crippen LogP contribution in [-0.2, 0) is 14.3 Å². The number of hydrogen-bond acceptors (Lipinski definition) is 5. The van der Waals surface area contributed by atoms with Crippen LogP contribution in [0.5, 0.6) is 0 Å². The number of hydrogen-bond donors (Lipinski definition) is 2. The van der Waals surface area contributed by atoms with E-state index in [1.807, 2.05) is 0 Å². The van der Waals surface area contributed by atoms with Crippen LogP contribution in [0.15, 0.2) is 0 Å². The van der Waals surface area contributed by atoms with Gasteiger partial charge in [-0.05, 0) is 44.7 Å². The number of aliphatic hydroxyl groups excluding tert-OH is 1. The predicted octanol–water partition coefficient (Wildman–Crippen LogP) is 0.879. The van der Waals surface area contributed by atoms with Crippen LogP contribution in [0, 0.1) is 5.92 Å². The summed E-state index contributed by atoms with van der Waals surface area (Å²) in [7, 11) is 0. The minimum atomic E-state index is -0.882. The van der Waals surface area contributed by atoms with Crippen molar-refractivity contribution in [2.75, 3.05) is 32.8 Å². The van der Waals surface area contributed by atoms with Crippen LogP contribution in [0.25, 0.3) is 0 Å². The Morgan fingerprint density at radius 2 is 1.90 bits per heavy atom. The van der Waals surface area contributed by atoms with Crippen molar-refractivity contribution in [2.45, 2.75) is 38.5 Å². The zero-order valence-corrected chi connectivity index (χ0v) is 11.9. The van der Waals surface area contributed by atoms with Gasteiger partial charge in [0, 0.05) is 19.4 Å². The molecule has 116 valence electrons. The van der Waals surface area contributed by atoms with Crippen LogP contribution < -0.4 is 0 Å². The van der Waals surface area contributed by atoms with Crippen LogP contribution in [-0.4, -0.2) is 59.9 Å².